The number of benzene rings is 2. The van der Waals surface area contributed by atoms with Crippen LogP contribution in [0.4, 0.5) is 5.69 Å². The van der Waals surface area contributed by atoms with Crippen molar-refractivity contribution in [3.05, 3.63) is 75.5 Å². The molecular weight excluding hydrogens is 448 g/mol. The highest BCUT2D eigenvalue weighted by molar-refractivity contribution is 8.26. The number of nitrogens with zero attached hydrogens (tertiary/aromatic N) is 1. The number of nitrogens with one attached hydrogen (secondary N) is 1. The summed E-state index contributed by atoms with van der Waals surface area (Å²) in [5.41, 5.74) is 1.44. The molecule has 1 aliphatic rings. The average Bonchev–Trinajstić information content (AvgIpc) is 3.05. The molecule has 1 N–H and O–H groups in total. The van der Waals surface area contributed by atoms with E-state index in [1.165, 1.54) is 22.7 Å². The molecule has 162 valence electrons. The molecular formula is C23H18N2O5S2. The van der Waals surface area contributed by atoms with E-state index in [4.69, 9.17) is 21.4 Å². The SMILES string of the molecule is COc1ccc(/C=C2/SC(=S)N(CCC(=O)Nc3ccc4oc(=O)ccc4c3)C2=O)cc1. The van der Waals surface area contributed by atoms with E-state index in [0.29, 0.717) is 25.9 Å². The third-order valence-electron chi connectivity index (χ3n) is 4.75. The van der Waals surface area contributed by atoms with E-state index in [1.807, 2.05) is 24.3 Å². The first kappa shape index (κ1) is 21.8. The summed E-state index contributed by atoms with van der Waals surface area (Å²) in [7, 11) is 1.59. The molecule has 2 aromatic carbocycles. The summed E-state index contributed by atoms with van der Waals surface area (Å²) in [6.45, 7) is 0.179. The number of methoxy groups -OCH3 is 1. The molecule has 0 aliphatic carbocycles. The zero-order chi connectivity index (χ0) is 22.7. The summed E-state index contributed by atoms with van der Waals surface area (Å²) in [6.07, 6.45) is 1.86. The van der Waals surface area contributed by atoms with Gasteiger partial charge in [0.1, 0.15) is 15.7 Å². The topological polar surface area (TPSA) is 88.8 Å². The fraction of sp³-hybridized carbons (Fsp3) is 0.130. The van der Waals surface area contributed by atoms with E-state index in [1.54, 1.807) is 37.5 Å². The van der Waals surface area contributed by atoms with Crippen molar-refractivity contribution in [2.24, 2.45) is 0 Å². The lowest BCUT2D eigenvalue weighted by Gasteiger charge is -2.14. The molecule has 7 nitrogen and oxygen atoms in total. The fourth-order valence-electron chi connectivity index (χ4n) is 3.13. The van der Waals surface area contributed by atoms with Gasteiger partial charge >= 0.3 is 5.63 Å². The highest BCUT2D eigenvalue weighted by atomic mass is 32.2. The molecule has 4 rings (SSSR count). The van der Waals surface area contributed by atoms with Gasteiger partial charge in [0, 0.05) is 30.1 Å². The van der Waals surface area contributed by atoms with Crippen molar-refractivity contribution >= 4 is 62.8 Å². The molecule has 3 aromatic rings. The van der Waals surface area contributed by atoms with Gasteiger partial charge in [0.05, 0.1) is 12.0 Å². The van der Waals surface area contributed by atoms with Gasteiger partial charge in [-0.2, -0.15) is 0 Å². The lowest BCUT2D eigenvalue weighted by Crippen LogP contribution is -2.31. The van der Waals surface area contributed by atoms with E-state index in [2.05, 4.69) is 5.32 Å². The standard InChI is InChI=1S/C23H18N2O5S2/c1-29-17-6-2-14(3-7-17)12-19-22(28)25(23(31)32-19)11-10-20(26)24-16-5-8-18-15(13-16)4-9-21(27)30-18/h2-9,12-13H,10-11H2,1H3,(H,24,26)/b19-12+. The largest absolute Gasteiger partial charge is 0.497 e. The number of hydrogen-bond donors (Lipinski definition) is 1. The van der Waals surface area contributed by atoms with E-state index in [9.17, 15) is 14.4 Å². The first-order chi connectivity index (χ1) is 15.4. The molecule has 1 aliphatic heterocycles. The first-order valence-corrected chi connectivity index (χ1v) is 10.9. The van der Waals surface area contributed by atoms with Gasteiger partial charge in [0.2, 0.25) is 5.91 Å². The number of rotatable bonds is 6. The molecule has 2 heterocycles. The van der Waals surface area contributed by atoms with Crippen molar-refractivity contribution in [2.75, 3.05) is 19.0 Å². The van der Waals surface area contributed by atoms with Crippen LogP contribution in [0.15, 0.2) is 68.7 Å². The Hall–Kier alpha value is -3.43. The maximum absolute atomic E-state index is 12.7. The predicted molar refractivity (Wildman–Crippen MR) is 129 cm³/mol. The number of anilines is 1. The zero-order valence-corrected chi connectivity index (χ0v) is 18.6. The molecule has 2 amide bonds. The molecule has 1 aromatic heterocycles. The van der Waals surface area contributed by atoms with Crippen molar-refractivity contribution in [1.82, 2.24) is 4.90 Å². The van der Waals surface area contributed by atoms with Crippen molar-refractivity contribution in [3.8, 4) is 5.75 Å². The second-order valence-electron chi connectivity index (χ2n) is 6.91. The van der Waals surface area contributed by atoms with Gasteiger partial charge in [-0.25, -0.2) is 4.79 Å². The minimum Gasteiger partial charge on any atom is -0.497 e. The Morgan fingerprint density at radius 3 is 2.69 bits per heavy atom. The number of ether oxygens (including phenoxy) is 1. The van der Waals surface area contributed by atoms with E-state index in [0.717, 1.165) is 11.3 Å². The summed E-state index contributed by atoms with van der Waals surface area (Å²) in [5.74, 6) is 0.260. The van der Waals surface area contributed by atoms with Crippen LogP contribution in [0.1, 0.15) is 12.0 Å². The number of fused-ring (bicyclic) bond motifs is 1. The minimum absolute atomic E-state index is 0.0875. The van der Waals surface area contributed by atoms with Crippen LogP contribution in [-0.2, 0) is 9.59 Å². The molecule has 1 fully saturated rings. The number of amides is 2. The number of hydrogen-bond acceptors (Lipinski definition) is 7. The normalized spacial score (nSPS) is 14.9. The highest BCUT2D eigenvalue weighted by Crippen LogP contribution is 2.33. The number of thioether (sulfide) groups is 1. The molecule has 0 spiro atoms. The Kier molecular flexibility index (Phi) is 6.38. The summed E-state index contributed by atoms with van der Waals surface area (Å²) in [4.78, 5) is 38.4. The van der Waals surface area contributed by atoms with Crippen LogP contribution in [0.2, 0.25) is 0 Å². The average molecular weight is 467 g/mol. The molecule has 0 unspecified atom stereocenters. The first-order valence-electron chi connectivity index (χ1n) is 9.66. The third kappa shape index (κ3) is 4.90. The van der Waals surface area contributed by atoms with E-state index < -0.39 is 5.63 Å². The molecule has 1 saturated heterocycles. The third-order valence-corrected chi connectivity index (χ3v) is 6.13. The molecule has 0 atom stereocenters. The van der Waals surface area contributed by atoms with Gasteiger partial charge in [-0.05, 0) is 48.0 Å². The fourth-order valence-corrected chi connectivity index (χ4v) is 4.44. The van der Waals surface area contributed by atoms with Crippen LogP contribution < -0.4 is 15.7 Å². The maximum Gasteiger partial charge on any atom is 0.336 e. The van der Waals surface area contributed by atoms with Crippen LogP contribution in [0.25, 0.3) is 17.0 Å². The van der Waals surface area contributed by atoms with Crippen LogP contribution in [0, 0.1) is 0 Å². The quantitative estimate of drug-likeness (QED) is 0.333. The Morgan fingerprint density at radius 1 is 1.16 bits per heavy atom. The molecule has 32 heavy (non-hydrogen) atoms. The van der Waals surface area contributed by atoms with Crippen molar-refractivity contribution < 1.29 is 18.7 Å². The van der Waals surface area contributed by atoms with Gasteiger partial charge in [0.25, 0.3) is 5.91 Å². The second-order valence-corrected chi connectivity index (χ2v) is 8.59. The smallest absolute Gasteiger partial charge is 0.336 e. The van der Waals surface area contributed by atoms with Crippen LogP contribution in [0.3, 0.4) is 0 Å². The van der Waals surface area contributed by atoms with Crippen molar-refractivity contribution in [2.45, 2.75) is 6.42 Å². The number of thiocarbonyl (C=S) groups is 1. The van der Waals surface area contributed by atoms with Crippen molar-refractivity contribution in [1.29, 1.82) is 0 Å². The lowest BCUT2D eigenvalue weighted by atomic mass is 10.2. The Balaban J connectivity index is 1.37. The van der Waals surface area contributed by atoms with Gasteiger partial charge in [0.15, 0.2) is 0 Å². The number of carbonyl (C=O) groups is 2. The predicted octanol–water partition coefficient (Wildman–Crippen LogP) is 4.03. The summed E-state index contributed by atoms with van der Waals surface area (Å²) in [5, 5.41) is 3.49. The minimum atomic E-state index is -0.432. The molecule has 0 bridgehead atoms. The Labute approximate surface area is 193 Å². The van der Waals surface area contributed by atoms with Gasteiger partial charge < -0.3 is 14.5 Å². The summed E-state index contributed by atoms with van der Waals surface area (Å²) >= 11 is 6.55. The molecule has 0 saturated carbocycles. The molecule has 9 heteroatoms. The van der Waals surface area contributed by atoms with E-state index in [-0.39, 0.29) is 24.8 Å². The lowest BCUT2D eigenvalue weighted by molar-refractivity contribution is -0.122. The number of carbonyl (C=O) groups excluding carboxylic acids is 2. The highest BCUT2D eigenvalue weighted by Gasteiger charge is 2.32. The Morgan fingerprint density at radius 2 is 1.94 bits per heavy atom. The van der Waals surface area contributed by atoms with Crippen LogP contribution in [-0.4, -0.2) is 34.7 Å². The van der Waals surface area contributed by atoms with Gasteiger partial charge in [-0.1, -0.05) is 36.1 Å². The monoisotopic (exact) mass is 466 g/mol. The summed E-state index contributed by atoms with van der Waals surface area (Å²) in [6, 6.07) is 15.3. The van der Waals surface area contributed by atoms with Gasteiger partial charge in [-0.3, -0.25) is 14.5 Å². The maximum atomic E-state index is 12.7. The van der Waals surface area contributed by atoms with E-state index >= 15 is 0 Å². The zero-order valence-electron chi connectivity index (χ0n) is 17.0. The van der Waals surface area contributed by atoms with Gasteiger partial charge in [-0.15, -0.1) is 0 Å². The molecule has 0 radical (unpaired) electrons. The Bertz CT molecular complexity index is 1300. The van der Waals surface area contributed by atoms with Crippen molar-refractivity contribution in [3.63, 3.8) is 0 Å². The van der Waals surface area contributed by atoms with Crippen LogP contribution in [0.5, 0.6) is 5.75 Å². The summed E-state index contributed by atoms with van der Waals surface area (Å²) < 4.78 is 10.6. The second kappa shape index (κ2) is 9.37. The van der Waals surface area contributed by atoms with Crippen LogP contribution >= 0.6 is 24.0 Å².